The molecular weight excluding hydrogens is 242 g/mol. The van der Waals surface area contributed by atoms with Gasteiger partial charge in [0.15, 0.2) is 0 Å². The highest BCUT2D eigenvalue weighted by Crippen LogP contribution is 2.18. The van der Waals surface area contributed by atoms with Crippen LogP contribution in [0.25, 0.3) is 0 Å². The normalized spacial score (nSPS) is 10.2. The van der Waals surface area contributed by atoms with Gasteiger partial charge in [-0.2, -0.15) is 9.97 Å². The van der Waals surface area contributed by atoms with Crippen molar-refractivity contribution < 1.29 is 0 Å². The number of hydrogen-bond acceptors (Lipinski definition) is 7. The van der Waals surface area contributed by atoms with Crippen LogP contribution in [0.4, 0.5) is 17.6 Å². The van der Waals surface area contributed by atoms with E-state index in [0.29, 0.717) is 18.2 Å². The van der Waals surface area contributed by atoms with Crippen LogP contribution < -0.4 is 21.9 Å². The van der Waals surface area contributed by atoms with Crippen LogP contribution in [0.15, 0.2) is 30.5 Å². The minimum Gasteiger partial charge on any atom is -0.368 e. The molecule has 7 heteroatoms. The van der Waals surface area contributed by atoms with Crippen LogP contribution in [0, 0.1) is 0 Å². The van der Waals surface area contributed by atoms with Crippen LogP contribution in [-0.2, 0) is 6.54 Å². The molecule has 0 aliphatic carbocycles. The van der Waals surface area contributed by atoms with Crippen LogP contribution in [0.1, 0.15) is 12.6 Å². The summed E-state index contributed by atoms with van der Waals surface area (Å²) >= 11 is 0. The Morgan fingerprint density at radius 3 is 2.79 bits per heavy atom. The van der Waals surface area contributed by atoms with E-state index in [9.17, 15) is 0 Å². The largest absolute Gasteiger partial charge is 0.368 e. The molecule has 0 atom stereocenters. The first kappa shape index (κ1) is 13.0. The van der Waals surface area contributed by atoms with E-state index in [2.05, 4.69) is 20.4 Å². The average Bonchev–Trinajstić information content (AvgIpc) is 2.45. The molecule has 0 amide bonds. The third-order valence-corrected chi connectivity index (χ3v) is 2.66. The van der Waals surface area contributed by atoms with Crippen LogP contribution in [-0.4, -0.2) is 21.5 Å². The number of hydrazine groups is 1. The van der Waals surface area contributed by atoms with Gasteiger partial charge in [-0.05, 0) is 19.1 Å². The van der Waals surface area contributed by atoms with Crippen molar-refractivity contribution in [3.8, 4) is 0 Å². The van der Waals surface area contributed by atoms with Crippen LogP contribution >= 0.6 is 0 Å². The number of rotatable bonds is 5. The number of nitrogens with zero attached hydrogens (tertiary/aromatic N) is 4. The van der Waals surface area contributed by atoms with Gasteiger partial charge in [-0.1, -0.05) is 6.07 Å². The van der Waals surface area contributed by atoms with Crippen molar-refractivity contribution in [1.29, 1.82) is 0 Å². The van der Waals surface area contributed by atoms with Gasteiger partial charge in [0.1, 0.15) is 11.6 Å². The lowest BCUT2D eigenvalue weighted by atomic mass is 10.3. The summed E-state index contributed by atoms with van der Waals surface area (Å²) in [6.07, 6.45) is 1.77. The third-order valence-electron chi connectivity index (χ3n) is 2.66. The summed E-state index contributed by atoms with van der Waals surface area (Å²) in [5, 5.41) is 0. The monoisotopic (exact) mass is 259 g/mol. The quantitative estimate of drug-likeness (QED) is 0.537. The van der Waals surface area contributed by atoms with Gasteiger partial charge in [0.05, 0.1) is 12.2 Å². The lowest BCUT2D eigenvalue weighted by Gasteiger charge is -2.22. The molecule has 0 aromatic carbocycles. The van der Waals surface area contributed by atoms with E-state index in [-0.39, 0.29) is 5.95 Å². The molecule has 0 fully saturated rings. The predicted molar refractivity (Wildman–Crippen MR) is 75.2 cm³/mol. The Hall–Kier alpha value is -2.41. The molecule has 0 saturated carbocycles. The Labute approximate surface area is 111 Å². The van der Waals surface area contributed by atoms with Gasteiger partial charge in [-0.15, -0.1) is 0 Å². The molecule has 19 heavy (non-hydrogen) atoms. The summed E-state index contributed by atoms with van der Waals surface area (Å²) in [7, 11) is 0. The average molecular weight is 259 g/mol. The fourth-order valence-electron chi connectivity index (χ4n) is 1.73. The van der Waals surface area contributed by atoms with E-state index in [1.807, 2.05) is 30.0 Å². The third kappa shape index (κ3) is 3.29. The molecule has 0 aliphatic rings. The van der Waals surface area contributed by atoms with Gasteiger partial charge < -0.3 is 16.1 Å². The zero-order chi connectivity index (χ0) is 13.7. The van der Waals surface area contributed by atoms with Gasteiger partial charge in [0.25, 0.3) is 0 Å². The maximum absolute atomic E-state index is 5.66. The molecule has 0 unspecified atom stereocenters. The van der Waals surface area contributed by atoms with Crippen LogP contribution in [0.2, 0.25) is 0 Å². The number of pyridine rings is 1. The van der Waals surface area contributed by atoms with Crippen molar-refractivity contribution in [3.63, 3.8) is 0 Å². The Morgan fingerprint density at radius 1 is 1.32 bits per heavy atom. The SMILES string of the molecule is CCN(Cc1ccccn1)c1cc(NN)nc(N)n1. The second-order valence-electron chi connectivity index (χ2n) is 3.95. The molecule has 0 bridgehead atoms. The lowest BCUT2D eigenvalue weighted by Crippen LogP contribution is -2.24. The minimum absolute atomic E-state index is 0.185. The molecule has 2 aromatic rings. The van der Waals surface area contributed by atoms with Gasteiger partial charge in [0.2, 0.25) is 5.95 Å². The summed E-state index contributed by atoms with van der Waals surface area (Å²) in [6.45, 7) is 3.46. The molecule has 2 aromatic heterocycles. The molecule has 0 aliphatic heterocycles. The summed E-state index contributed by atoms with van der Waals surface area (Å²) < 4.78 is 0. The smallest absolute Gasteiger partial charge is 0.223 e. The highest BCUT2D eigenvalue weighted by Gasteiger charge is 2.10. The van der Waals surface area contributed by atoms with Gasteiger partial charge >= 0.3 is 0 Å². The van der Waals surface area contributed by atoms with Gasteiger partial charge in [-0.3, -0.25) is 4.98 Å². The minimum atomic E-state index is 0.185. The number of nitrogens with two attached hydrogens (primary N) is 2. The molecule has 2 rings (SSSR count). The highest BCUT2D eigenvalue weighted by atomic mass is 15.3. The van der Waals surface area contributed by atoms with Gasteiger partial charge in [-0.25, -0.2) is 5.84 Å². The molecule has 5 N–H and O–H groups in total. The number of anilines is 3. The lowest BCUT2D eigenvalue weighted by molar-refractivity contribution is 0.792. The van der Waals surface area contributed by atoms with Gasteiger partial charge in [0, 0.05) is 18.8 Å². The summed E-state index contributed by atoms with van der Waals surface area (Å²) in [6, 6.07) is 7.56. The van der Waals surface area contributed by atoms with Crippen LogP contribution in [0.3, 0.4) is 0 Å². The Balaban J connectivity index is 2.24. The summed E-state index contributed by atoms with van der Waals surface area (Å²) in [5.74, 6) is 6.74. The number of nitrogens with one attached hydrogen (secondary N) is 1. The topological polar surface area (TPSA) is 106 Å². The Bertz CT molecular complexity index is 529. The molecule has 0 radical (unpaired) electrons. The number of hydrogen-bond donors (Lipinski definition) is 3. The standard InChI is InChI=1S/C12H17N7/c1-2-19(8-9-5-3-4-6-15-9)11-7-10(18-14)16-12(13)17-11/h3-7H,2,8,14H2,1H3,(H3,13,16,17,18). The number of nitrogen functional groups attached to an aromatic ring is 2. The Kier molecular flexibility index (Phi) is 4.09. The second-order valence-corrected chi connectivity index (χ2v) is 3.95. The predicted octanol–water partition coefficient (Wildman–Crippen LogP) is 0.766. The van der Waals surface area contributed by atoms with Crippen molar-refractivity contribution in [2.45, 2.75) is 13.5 Å². The van der Waals surface area contributed by atoms with E-state index in [0.717, 1.165) is 12.2 Å². The number of aromatic nitrogens is 3. The fraction of sp³-hybridized carbons (Fsp3) is 0.250. The zero-order valence-corrected chi connectivity index (χ0v) is 10.7. The van der Waals surface area contributed by atoms with Crippen molar-refractivity contribution in [1.82, 2.24) is 15.0 Å². The summed E-state index contributed by atoms with van der Waals surface area (Å²) in [4.78, 5) is 14.5. The first-order valence-electron chi connectivity index (χ1n) is 5.99. The Morgan fingerprint density at radius 2 is 2.16 bits per heavy atom. The molecule has 0 saturated heterocycles. The fourth-order valence-corrected chi connectivity index (χ4v) is 1.73. The maximum atomic E-state index is 5.66. The van der Waals surface area contributed by atoms with Crippen LogP contribution in [0.5, 0.6) is 0 Å². The first-order valence-corrected chi connectivity index (χ1v) is 5.99. The highest BCUT2D eigenvalue weighted by molar-refractivity contribution is 5.52. The molecule has 2 heterocycles. The second kappa shape index (κ2) is 5.96. The maximum Gasteiger partial charge on any atom is 0.223 e. The van der Waals surface area contributed by atoms with Crippen molar-refractivity contribution >= 4 is 17.6 Å². The summed E-state index contributed by atoms with van der Waals surface area (Å²) in [5.41, 5.74) is 9.10. The van der Waals surface area contributed by atoms with Crippen molar-refractivity contribution in [2.75, 3.05) is 22.6 Å². The van der Waals surface area contributed by atoms with Crippen molar-refractivity contribution in [3.05, 3.63) is 36.2 Å². The van der Waals surface area contributed by atoms with E-state index in [1.165, 1.54) is 0 Å². The van der Waals surface area contributed by atoms with Crippen molar-refractivity contribution in [2.24, 2.45) is 5.84 Å². The molecule has 0 spiro atoms. The van der Waals surface area contributed by atoms with E-state index < -0.39 is 0 Å². The molecule has 100 valence electrons. The van der Waals surface area contributed by atoms with E-state index in [1.54, 1.807) is 12.3 Å². The molecular formula is C12H17N7. The van der Waals surface area contributed by atoms with E-state index in [4.69, 9.17) is 11.6 Å². The first-order chi connectivity index (χ1) is 9.22. The molecule has 7 nitrogen and oxygen atoms in total. The van der Waals surface area contributed by atoms with E-state index >= 15 is 0 Å². The zero-order valence-electron chi connectivity index (χ0n) is 10.7.